The van der Waals surface area contributed by atoms with E-state index in [0.717, 1.165) is 29.8 Å². The molecule has 0 spiro atoms. The van der Waals surface area contributed by atoms with E-state index in [9.17, 15) is 9.18 Å². The number of ether oxygens (including phenoxy) is 1. The number of halogens is 1. The molecule has 8 nitrogen and oxygen atoms in total. The van der Waals surface area contributed by atoms with Crippen LogP contribution >= 0.6 is 0 Å². The van der Waals surface area contributed by atoms with Crippen molar-refractivity contribution in [3.63, 3.8) is 0 Å². The van der Waals surface area contributed by atoms with Crippen molar-refractivity contribution in [1.29, 1.82) is 0 Å². The summed E-state index contributed by atoms with van der Waals surface area (Å²) in [6.07, 6.45) is 8.40. The van der Waals surface area contributed by atoms with Crippen LogP contribution < -0.4 is 9.64 Å². The first-order chi connectivity index (χ1) is 17.5. The minimum absolute atomic E-state index is 0.147. The van der Waals surface area contributed by atoms with Crippen molar-refractivity contribution < 1.29 is 18.6 Å². The largest absolute Gasteiger partial charge is 0.495 e. The van der Waals surface area contributed by atoms with Gasteiger partial charge in [-0.05, 0) is 62.4 Å². The summed E-state index contributed by atoms with van der Waals surface area (Å²) in [7, 11) is 1.62. The second kappa shape index (κ2) is 8.82. The molecule has 1 saturated carbocycles. The maximum atomic E-state index is 14.7. The van der Waals surface area contributed by atoms with Crippen LogP contribution in [-0.4, -0.2) is 39.5 Å². The Morgan fingerprint density at radius 1 is 1.17 bits per heavy atom. The molecule has 3 aromatic rings. The number of carbonyl (C=O) groups is 1. The van der Waals surface area contributed by atoms with Crippen molar-refractivity contribution in [3.05, 3.63) is 77.8 Å². The lowest BCUT2D eigenvalue weighted by atomic mass is 10.1. The Bertz CT molecular complexity index is 1470. The van der Waals surface area contributed by atoms with E-state index < -0.39 is 0 Å². The maximum Gasteiger partial charge on any atom is 0.296 e. The molecule has 1 fully saturated rings. The second-order valence-corrected chi connectivity index (χ2v) is 9.40. The fraction of sp³-hybridized carbons (Fsp3) is 0.296. The first-order valence-corrected chi connectivity index (χ1v) is 12.1. The minimum Gasteiger partial charge on any atom is -0.495 e. The number of rotatable bonds is 5. The van der Waals surface area contributed by atoms with E-state index in [1.165, 1.54) is 6.07 Å². The summed E-state index contributed by atoms with van der Waals surface area (Å²) in [4.78, 5) is 19.7. The number of methoxy groups -OCH3 is 1. The number of aromatic nitrogens is 2. The van der Waals surface area contributed by atoms with Gasteiger partial charge in [-0.2, -0.15) is 0 Å². The molecule has 1 aromatic heterocycles. The van der Waals surface area contributed by atoms with E-state index in [-0.39, 0.29) is 11.7 Å². The monoisotopic (exact) mass is 485 g/mol. The Morgan fingerprint density at radius 2 is 2.03 bits per heavy atom. The van der Waals surface area contributed by atoms with Crippen LogP contribution in [0.4, 0.5) is 10.1 Å². The molecular weight excluding hydrogens is 459 g/mol. The predicted molar refractivity (Wildman–Crippen MR) is 133 cm³/mol. The summed E-state index contributed by atoms with van der Waals surface area (Å²) >= 11 is 0. The molecular formula is C27H26FN6O2+. The summed E-state index contributed by atoms with van der Waals surface area (Å²) in [5.41, 5.74) is 4.93. The van der Waals surface area contributed by atoms with Crippen LogP contribution in [0.3, 0.4) is 0 Å². The summed E-state index contributed by atoms with van der Waals surface area (Å²) in [6, 6.07) is 10.7. The minimum atomic E-state index is -0.276. The number of hydrogen-bond acceptors (Lipinski definition) is 5. The van der Waals surface area contributed by atoms with Crippen molar-refractivity contribution in [2.75, 3.05) is 18.6 Å². The smallest absolute Gasteiger partial charge is 0.296 e. The normalized spacial score (nSPS) is 19.4. The zero-order valence-electron chi connectivity index (χ0n) is 20.2. The summed E-state index contributed by atoms with van der Waals surface area (Å²) < 4.78 is 23.8. The molecule has 182 valence electrons. The Kier molecular flexibility index (Phi) is 5.47. The van der Waals surface area contributed by atoms with Gasteiger partial charge in [-0.1, -0.05) is 10.8 Å². The van der Waals surface area contributed by atoms with Crippen LogP contribution in [0.5, 0.6) is 5.75 Å². The van der Waals surface area contributed by atoms with E-state index in [4.69, 9.17) is 4.74 Å². The van der Waals surface area contributed by atoms with Crippen molar-refractivity contribution in [1.82, 2.24) is 9.55 Å². The average Bonchev–Trinajstić information content (AvgIpc) is 3.43. The zero-order chi connectivity index (χ0) is 24.8. The number of hydrogen-bond donors (Lipinski definition) is 0. The van der Waals surface area contributed by atoms with Crippen LogP contribution in [0.1, 0.15) is 36.1 Å². The summed E-state index contributed by atoms with van der Waals surface area (Å²) in [5.74, 6) is 0.702. The number of fused-ring (bicyclic) bond motifs is 1. The first-order valence-electron chi connectivity index (χ1n) is 12.1. The predicted octanol–water partition coefficient (Wildman–Crippen LogP) is 4.85. The number of aryl methyl sites for hydroxylation is 1. The van der Waals surface area contributed by atoms with E-state index >= 15 is 0 Å². The quantitative estimate of drug-likeness (QED) is 0.485. The topological polar surface area (TPSA) is 75.1 Å². The Balaban J connectivity index is 1.35. The van der Waals surface area contributed by atoms with Gasteiger partial charge in [0.05, 0.1) is 35.6 Å². The van der Waals surface area contributed by atoms with Gasteiger partial charge in [0.15, 0.2) is 11.9 Å². The van der Waals surface area contributed by atoms with Crippen LogP contribution in [0.2, 0.25) is 0 Å². The highest BCUT2D eigenvalue weighted by Crippen LogP contribution is 2.36. The van der Waals surface area contributed by atoms with Gasteiger partial charge >= 0.3 is 0 Å². The molecule has 36 heavy (non-hydrogen) atoms. The Labute approximate surface area is 208 Å². The van der Waals surface area contributed by atoms with Gasteiger partial charge in [0, 0.05) is 30.3 Å². The lowest BCUT2D eigenvalue weighted by Crippen LogP contribution is -2.39. The highest BCUT2D eigenvalue weighted by atomic mass is 19.1. The number of amides is 1. The standard InChI is InChI=1S/C27H26FN6O2/c1-17-13-32(16-29-17)24-10-8-19(12-26(24)36-2)22-15-34(31-30-22)25-11-9-20-21(28)4-3-5-23(20)33(27(25)35)14-18-6-7-18/h3-5,8,10,12-13,15-16,18H,6-7,9,11,14H2,1-2H3/q+1/b34-25+. The molecule has 0 bridgehead atoms. The summed E-state index contributed by atoms with van der Waals surface area (Å²) in [5, 5.41) is 8.64. The van der Waals surface area contributed by atoms with Gasteiger partial charge in [0.1, 0.15) is 16.8 Å². The lowest BCUT2D eigenvalue weighted by Gasteiger charge is -2.22. The van der Waals surface area contributed by atoms with Crippen LogP contribution in [-0.2, 0) is 11.2 Å². The molecule has 6 rings (SSSR count). The van der Waals surface area contributed by atoms with Gasteiger partial charge in [-0.25, -0.2) is 9.37 Å². The summed E-state index contributed by atoms with van der Waals surface area (Å²) in [6.45, 7) is 2.52. The molecule has 0 unspecified atom stereocenters. The molecule has 0 atom stereocenters. The molecule has 2 aliphatic heterocycles. The third-order valence-corrected chi connectivity index (χ3v) is 6.86. The van der Waals surface area contributed by atoms with Gasteiger partial charge in [0.2, 0.25) is 0 Å². The van der Waals surface area contributed by atoms with Gasteiger partial charge in [-0.3, -0.25) is 4.79 Å². The third-order valence-electron chi connectivity index (χ3n) is 6.86. The molecule has 9 heteroatoms. The van der Waals surface area contributed by atoms with Gasteiger partial charge in [-0.15, -0.1) is 0 Å². The Morgan fingerprint density at radius 3 is 2.78 bits per heavy atom. The van der Waals surface area contributed by atoms with E-state index in [1.807, 2.05) is 42.0 Å². The SMILES string of the molecule is COc1cc(C2=C/[N+](=C3/CCc4c(F)cccc4N(CC4CC4)C3=O)N=N2)ccc1-n1cnc(C)c1. The van der Waals surface area contributed by atoms with Crippen molar-refractivity contribution >= 4 is 23.0 Å². The van der Waals surface area contributed by atoms with Gasteiger partial charge in [0.25, 0.3) is 11.6 Å². The third kappa shape index (κ3) is 4.00. The van der Waals surface area contributed by atoms with E-state index in [1.54, 1.807) is 35.3 Å². The number of nitrogens with zero attached hydrogens (tertiary/aromatic N) is 6. The fourth-order valence-electron chi connectivity index (χ4n) is 4.75. The molecule has 3 aliphatic rings. The van der Waals surface area contributed by atoms with Crippen molar-refractivity contribution in [3.8, 4) is 11.4 Å². The molecule has 0 radical (unpaired) electrons. The molecule has 2 aromatic carbocycles. The highest BCUT2D eigenvalue weighted by molar-refractivity contribution is 6.42. The van der Waals surface area contributed by atoms with Crippen molar-refractivity contribution in [2.45, 2.75) is 32.6 Å². The zero-order valence-corrected chi connectivity index (χ0v) is 20.2. The van der Waals surface area contributed by atoms with Gasteiger partial charge < -0.3 is 14.2 Å². The fourth-order valence-corrected chi connectivity index (χ4v) is 4.75. The maximum absolute atomic E-state index is 14.7. The average molecular weight is 486 g/mol. The van der Waals surface area contributed by atoms with Crippen LogP contribution in [0, 0.1) is 18.7 Å². The first kappa shape index (κ1) is 22.3. The lowest BCUT2D eigenvalue weighted by molar-refractivity contribution is -0.464. The Hall–Kier alpha value is -4.14. The van der Waals surface area contributed by atoms with Crippen LogP contribution in [0.15, 0.2) is 65.5 Å². The number of imidazole rings is 1. The number of anilines is 1. The molecule has 1 amide bonds. The molecule has 3 heterocycles. The van der Waals surface area contributed by atoms with E-state index in [2.05, 4.69) is 15.3 Å². The van der Waals surface area contributed by atoms with Crippen LogP contribution in [0.25, 0.3) is 11.4 Å². The molecule has 1 aliphatic carbocycles. The molecule has 0 saturated heterocycles. The van der Waals surface area contributed by atoms with E-state index in [0.29, 0.717) is 53.7 Å². The molecule has 0 N–H and O–H groups in total. The van der Waals surface area contributed by atoms with Crippen molar-refractivity contribution in [2.24, 2.45) is 16.3 Å². The highest BCUT2D eigenvalue weighted by Gasteiger charge is 2.37. The number of carbonyl (C=O) groups excluding carboxylic acids is 1. The second-order valence-electron chi connectivity index (χ2n) is 9.40. The number of benzene rings is 2.